The number of carboxylic acid groups (broad SMARTS) is 1. The fourth-order valence-corrected chi connectivity index (χ4v) is 1.59. The zero-order valence-corrected chi connectivity index (χ0v) is 10.9. The minimum Gasteiger partial charge on any atom is -0.476 e. The van der Waals surface area contributed by atoms with Crippen LogP contribution < -0.4 is 0 Å². The maximum atomic E-state index is 11.5. The Balaban J connectivity index is 2.82. The summed E-state index contributed by atoms with van der Waals surface area (Å²) >= 11 is 0. The molecule has 0 bridgehead atoms. The summed E-state index contributed by atoms with van der Waals surface area (Å²) in [5, 5.41) is 16.4. The lowest BCUT2D eigenvalue weighted by atomic mass is 10.2. The standard InChI is InChI=1S/C11H18N4O3/c1-4-5-8-10(11(17)18)12-13-15(8)7-6-9(16)14(2)3/h4-7H2,1-3H3,(H,17,18). The lowest BCUT2D eigenvalue weighted by Crippen LogP contribution is -2.23. The average Bonchev–Trinajstić information content (AvgIpc) is 2.69. The second-order valence-corrected chi connectivity index (χ2v) is 4.20. The number of hydrogen-bond acceptors (Lipinski definition) is 4. The molecule has 1 rings (SSSR count). The number of aromatic nitrogens is 3. The Morgan fingerprint density at radius 2 is 2.06 bits per heavy atom. The monoisotopic (exact) mass is 254 g/mol. The summed E-state index contributed by atoms with van der Waals surface area (Å²) in [7, 11) is 3.36. The zero-order chi connectivity index (χ0) is 13.7. The first-order valence-corrected chi connectivity index (χ1v) is 5.83. The van der Waals surface area contributed by atoms with Crippen molar-refractivity contribution in [2.75, 3.05) is 14.1 Å². The summed E-state index contributed by atoms with van der Waals surface area (Å²) in [5.74, 6) is -1.10. The molecule has 1 heterocycles. The third-order valence-corrected chi connectivity index (χ3v) is 2.56. The SMILES string of the molecule is CCCc1c(C(=O)O)nnn1CCC(=O)N(C)C. The van der Waals surface area contributed by atoms with Gasteiger partial charge in [-0.1, -0.05) is 18.6 Å². The number of carboxylic acids is 1. The minimum absolute atomic E-state index is 0.0193. The Morgan fingerprint density at radius 3 is 2.56 bits per heavy atom. The Kier molecular flexibility index (Phi) is 4.82. The van der Waals surface area contributed by atoms with Gasteiger partial charge in [0.2, 0.25) is 5.91 Å². The summed E-state index contributed by atoms with van der Waals surface area (Å²) in [4.78, 5) is 23.9. The van der Waals surface area contributed by atoms with Crippen LogP contribution in [0.2, 0.25) is 0 Å². The molecule has 0 saturated carbocycles. The molecule has 1 aromatic rings. The largest absolute Gasteiger partial charge is 0.476 e. The van der Waals surface area contributed by atoms with E-state index in [1.165, 1.54) is 9.58 Å². The van der Waals surface area contributed by atoms with Gasteiger partial charge in [-0.25, -0.2) is 9.48 Å². The van der Waals surface area contributed by atoms with E-state index in [9.17, 15) is 9.59 Å². The van der Waals surface area contributed by atoms with Gasteiger partial charge < -0.3 is 10.0 Å². The van der Waals surface area contributed by atoms with E-state index in [1.807, 2.05) is 6.92 Å². The Hall–Kier alpha value is -1.92. The molecule has 1 N–H and O–H groups in total. The normalized spacial score (nSPS) is 10.4. The van der Waals surface area contributed by atoms with E-state index < -0.39 is 5.97 Å². The van der Waals surface area contributed by atoms with Gasteiger partial charge in [-0.05, 0) is 6.42 Å². The molecule has 0 fully saturated rings. The molecule has 100 valence electrons. The number of carbonyl (C=O) groups excluding carboxylic acids is 1. The number of nitrogens with zero attached hydrogens (tertiary/aromatic N) is 4. The smallest absolute Gasteiger partial charge is 0.358 e. The number of rotatable bonds is 6. The lowest BCUT2D eigenvalue weighted by Gasteiger charge is -2.10. The van der Waals surface area contributed by atoms with Crippen molar-refractivity contribution in [3.05, 3.63) is 11.4 Å². The van der Waals surface area contributed by atoms with Gasteiger partial charge in [0, 0.05) is 20.5 Å². The third kappa shape index (κ3) is 3.28. The topological polar surface area (TPSA) is 88.3 Å². The molecule has 0 atom stereocenters. The fraction of sp³-hybridized carbons (Fsp3) is 0.636. The van der Waals surface area contributed by atoms with Crippen molar-refractivity contribution in [2.45, 2.75) is 32.7 Å². The van der Waals surface area contributed by atoms with Gasteiger partial charge in [0.15, 0.2) is 5.69 Å². The van der Waals surface area contributed by atoms with Crippen molar-refractivity contribution in [1.29, 1.82) is 0 Å². The molecular weight excluding hydrogens is 236 g/mol. The van der Waals surface area contributed by atoms with Crippen LogP contribution in [0.3, 0.4) is 0 Å². The number of aromatic carboxylic acids is 1. The van der Waals surface area contributed by atoms with E-state index in [0.29, 0.717) is 18.7 Å². The van der Waals surface area contributed by atoms with Crippen LogP contribution in [-0.4, -0.2) is 51.0 Å². The summed E-state index contributed by atoms with van der Waals surface area (Å²) in [6.45, 7) is 2.31. The predicted molar refractivity (Wildman–Crippen MR) is 64.3 cm³/mol. The van der Waals surface area contributed by atoms with Crippen molar-refractivity contribution < 1.29 is 14.7 Å². The fourth-order valence-electron chi connectivity index (χ4n) is 1.59. The first kappa shape index (κ1) is 14.1. The molecule has 0 aliphatic rings. The maximum absolute atomic E-state index is 11.5. The van der Waals surface area contributed by atoms with Gasteiger partial charge in [0.25, 0.3) is 0 Å². The van der Waals surface area contributed by atoms with Crippen LogP contribution in [0.1, 0.15) is 35.9 Å². The molecule has 18 heavy (non-hydrogen) atoms. The van der Waals surface area contributed by atoms with Gasteiger partial charge in [-0.15, -0.1) is 5.10 Å². The van der Waals surface area contributed by atoms with Crippen molar-refractivity contribution in [3.8, 4) is 0 Å². The van der Waals surface area contributed by atoms with Crippen LogP contribution in [0.4, 0.5) is 0 Å². The Labute approximate surface area is 105 Å². The number of amides is 1. The van der Waals surface area contributed by atoms with Crippen LogP contribution >= 0.6 is 0 Å². The summed E-state index contributed by atoms with van der Waals surface area (Å²) in [6, 6.07) is 0. The van der Waals surface area contributed by atoms with Gasteiger partial charge in [0.1, 0.15) is 0 Å². The average molecular weight is 254 g/mol. The molecule has 1 amide bonds. The van der Waals surface area contributed by atoms with E-state index in [-0.39, 0.29) is 18.0 Å². The van der Waals surface area contributed by atoms with Crippen LogP contribution in [0.25, 0.3) is 0 Å². The predicted octanol–water partition coefficient (Wildman–Crippen LogP) is 0.407. The molecule has 1 aromatic heterocycles. The number of carbonyl (C=O) groups is 2. The first-order chi connectivity index (χ1) is 8.47. The minimum atomic E-state index is -1.08. The van der Waals surface area contributed by atoms with Gasteiger partial charge >= 0.3 is 5.97 Å². The first-order valence-electron chi connectivity index (χ1n) is 5.83. The van der Waals surface area contributed by atoms with Gasteiger partial charge in [-0.2, -0.15) is 0 Å². The molecule has 7 heteroatoms. The molecule has 0 unspecified atom stereocenters. The van der Waals surface area contributed by atoms with Crippen molar-refractivity contribution in [1.82, 2.24) is 19.9 Å². The lowest BCUT2D eigenvalue weighted by molar-refractivity contribution is -0.128. The highest BCUT2D eigenvalue weighted by Crippen LogP contribution is 2.09. The Bertz CT molecular complexity index is 439. The quantitative estimate of drug-likeness (QED) is 0.794. The second kappa shape index (κ2) is 6.13. The summed E-state index contributed by atoms with van der Waals surface area (Å²) < 4.78 is 1.51. The van der Waals surface area contributed by atoms with Crippen molar-refractivity contribution in [3.63, 3.8) is 0 Å². The second-order valence-electron chi connectivity index (χ2n) is 4.20. The molecule has 0 aliphatic heterocycles. The van der Waals surface area contributed by atoms with Crippen molar-refractivity contribution in [2.24, 2.45) is 0 Å². The third-order valence-electron chi connectivity index (χ3n) is 2.56. The van der Waals surface area contributed by atoms with Crippen molar-refractivity contribution >= 4 is 11.9 Å². The molecule has 0 saturated heterocycles. The molecular formula is C11H18N4O3. The van der Waals surface area contributed by atoms with Crippen LogP contribution in [-0.2, 0) is 17.8 Å². The molecule has 7 nitrogen and oxygen atoms in total. The van der Waals surface area contributed by atoms with E-state index in [1.54, 1.807) is 14.1 Å². The Morgan fingerprint density at radius 1 is 1.39 bits per heavy atom. The molecule has 0 aromatic carbocycles. The van der Waals surface area contributed by atoms with Crippen LogP contribution in [0.5, 0.6) is 0 Å². The highest BCUT2D eigenvalue weighted by atomic mass is 16.4. The zero-order valence-electron chi connectivity index (χ0n) is 10.9. The molecule has 0 radical (unpaired) electrons. The summed E-state index contributed by atoms with van der Waals surface area (Å²) in [5.41, 5.74) is 0.561. The highest BCUT2D eigenvalue weighted by Gasteiger charge is 2.18. The van der Waals surface area contributed by atoms with E-state index in [0.717, 1.165) is 6.42 Å². The van der Waals surface area contributed by atoms with E-state index in [4.69, 9.17) is 5.11 Å². The van der Waals surface area contributed by atoms with E-state index in [2.05, 4.69) is 10.3 Å². The summed E-state index contributed by atoms with van der Waals surface area (Å²) in [6.07, 6.45) is 1.67. The van der Waals surface area contributed by atoms with Crippen LogP contribution in [0, 0.1) is 0 Å². The number of aryl methyl sites for hydroxylation is 1. The maximum Gasteiger partial charge on any atom is 0.358 e. The van der Waals surface area contributed by atoms with Crippen LogP contribution in [0.15, 0.2) is 0 Å². The van der Waals surface area contributed by atoms with Gasteiger partial charge in [-0.3, -0.25) is 4.79 Å². The van der Waals surface area contributed by atoms with E-state index >= 15 is 0 Å². The number of hydrogen-bond donors (Lipinski definition) is 1. The molecule has 0 aliphatic carbocycles. The molecule has 0 spiro atoms. The van der Waals surface area contributed by atoms with Gasteiger partial charge in [0.05, 0.1) is 12.2 Å². The highest BCUT2D eigenvalue weighted by molar-refractivity contribution is 5.86.